The van der Waals surface area contributed by atoms with Gasteiger partial charge in [-0.1, -0.05) is 5.21 Å². The Labute approximate surface area is 105 Å². The summed E-state index contributed by atoms with van der Waals surface area (Å²) >= 11 is 0. The SMILES string of the molecule is CC(C)(C)OC(=O)NCCCn1cc(C=O)nn1. The summed E-state index contributed by atoms with van der Waals surface area (Å²) in [5.41, 5.74) is -0.190. The zero-order valence-corrected chi connectivity index (χ0v) is 10.8. The first kappa shape index (κ1) is 14.1. The molecule has 0 saturated carbocycles. The van der Waals surface area contributed by atoms with Gasteiger partial charge in [-0.15, -0.1) is 5.10 Å². The van der Waals surface area contributed by atoms with Gasteiger partial charge in [-0.2, -0.15) is 0 Å². The van der Waals surface area contributed by atoms with Crippen molar-refractivity contribution in [3.8, 4) is 0 Å². The van der Waals surface area contributed by atoms with Crippen molar-refractivity contribution in [2.24, 2.45) is 0 Å². The minimum Gasteiger partial charge on any atom is -0.444 e. The van der Waals surface area contributed by atoms with Gasteiger partial charge < -0.3 is 10.1 Å². The second-order valence-corrected chi connectivity index (χ2v) is 4.81. The van der Waals surface area contributed by atoms with Gasteiger partial charge in [0.1, 0.15) is 11.3 Å². The first-order chi connectivity index (χ1) is 8.40. The van der Waals surface area contributed by atoms with Crippen LogP contribution in [0, 0.1) is 0 Å². The van der Waals surface area contributed by atoms with Crippen molar-refractivity contribution in [3.05, 3.63) is 11.9 Å². The number of carbonyl (C=O) groups excluding carboxylic acids is 2. The number of nitrogens with zero attached hydrogens (tertiary/aromatic N) is 3. The average Bonchev–Trinajstić information content (AvgIpc) is 2.70. The second kappa shape index (κ2) is 6.13. The van der Waals surface area contributed by atoms with E-state index in [0.29, 0.717) is 31.5 Å². The highest BCUT2D eigenvalue weighted by Gasteiger charge is 2.15. The van der Waals surface area contributed by atoms with E-state index in [1.165, 1.54) is 0 Å². The number of hydrogen-bond donors (Lipinski definition) is 1. The molecule has 1 heterocycles. The van der Waals surface area contributed by atoms with Gasteiger partial charge >= 0.3 is 6.09 Å². The summed E-state index contributed by atoms with van der Waals surface area (Å²) in [7, 11) is 0. The van der Waals surface area contributed by atoms with Crippen LogP contribution in [0.3, 0.4) is 0 Å². The molecule has 1 N–H and O–H groups in total. The molecule has 18 heavy (non-hydrogen) atoms. The van der Waals surface area contributed by atoms with Crippen molar-refractivity contribution in [1.29, 1.82) is 0 Å². The Balaban J connectivity index is 2.19. The standard InChI is InChI=1S/C11H18N4O3/c1-11(2,3)18-10(17)12-5-4-6-15-7-9(8-16)13-14-15/h7-8H,4-6H2,1-3H3,(H,12,17). The fourth-order valence-corrected chi connectivity index (χ4v) is 1.22. The zero-order valence-electron chi connectivity index (χ0n) is 10.8. The maximum atomic E-state index is 11.3. The summed E-state index contributed by atoms with van der Waals surface area (Å²) in [5.74, 6) is 0. The highest BCUT2D eigenvalue weighted by atomic mass is 16.6. The van der Waals surface area contributed by atoms with E-state index >= 15 is 0 Å². The molecule has 7 heteroatoms. The highest BCUT2D eigenvalue weighted by molar-refractivity contribution is 5.70. The van der Waals surface area contributed by atoms with Crippen LogP contribution >= 0.6 is 0 Å². The van der Waals surface area contributed by atoms with Gasteiger partial charge in [-0.25, -0.2) is 4.79 Å². The third-order valence-electron chi connectivity index (χ3n) is 1.91. The van der Waals surface area contributed by atoms with Crippen molar-refractivity contribution in [2.45, 2.75) is 39.3 Å². The Morgan fingerprint density at radius 2 is 2.28 bits per heavy atom. The number of alkyl carbamates (subject to hydrolysis) is 1. The number of aromatic nitrogens is 3. The Morgan fingerprint density at radius 3 is 2.83 bits per heavy atom. The van der Waals surface area contributed by atoms with E-state index in [4.69, 9.17) is 4.74 Å². The van der Waals surface area contributed by atoms with Gasteiger partial charge in [-0.3, -0.25) is 9.48 Å². The molecule has 0 saturated heterocycles. The Bertz CT molecular complexity index is 409. The Morgan fingerprint density at radius 1 is 1.56 bits per heavy atom. The number of ether oxygens (including phenoxy) is 1. The fourth-order valence-electron chi connectivity index (χ4n) is 1.22. The first-order valence-electron chi connectivity index (χ1n) is 5.73. The number of aryl methyl sites for hydroxylation is 1. The molecular weight excluding hydrogens is 236 g/mol. The molecule has 7 nitrogen and oxygen atoms in total. The maximum absolute atomic E-state index is 11.3. The van der Waals surface area contributed by atoms with E-state index in [1.54, 1.807) is 10.9 Å². The topological polar surface area (TPSA) is 86.1 Å². The predicted octanol–water partition coefficient (Wildman–Crippen LogP) is 1.01. The van der Waals surface area contributed by atoms with Crippen molar-refractivity contribution < 1.29 is 14.3 Å². The molecule has 0 bridgehead atoms. The predicted molar refractivity (Wildman–Crippen MR) is 64.3 cm³/mol. The molecule has 0 aromatic carbocycles. The summed E-state index contributed by atoms with van der Waals surface area (Å²) in [4.78, 5) is 21.7. The number of rotatable bonds is 5. The zero-order chi connectivity index (χ0) is 13.6. The van der Waals surface area contributed by atoms with Crippen molar-refractivity contribution >= 4 is 12.4 Å². The molecule has 1 aromatic heterocycles. The fraction of sp³-hybridized carbons (Fsp3) is 0.636. The van der Waals surface area contributed by atoms with Crippen LogP contribution in [-0.2, 0) is 11.3 Å². The molecule has 0 aliphatic rings. The lowest BCUT2D eigenvalue weighted by atomic mass is 10.2. The minimum atomic E-state index is -0.491. The summed E-state index contributed by atoms with van der Waals surface area (Å²) in [6, 6.07) is 0. The van der Waals surface area contributed by atoms with Gasteiger partial charge in [0, 0.05) is 13.1 Å². The van der Waals surface area contributed by atoms with E-state index < -0.39 is 11.7 Å². The third-order valence-corrected chi connectivity index (χ3v) is 1.91. The molecule has 100 valence electrons. The number of carbonyl (C=O) groups is 2. The molecular formula is C11H18N4O3. The van der Waals surface area contributed by atoms with Gasteiger partial charge in [0.25, 0.3) is 0 Å². The van der Waals surface area contributed by atoms with Gasteiger partial charge in [0.05, 0.1) is 6.20 Å². The van der Waals surface area contributed by atoms with Crippen LogP contribution in [-0.4, -0.2) is 39.5 Å². The molecule has 0 aliphatic heterocycles. The lowest BCUT2D eigenvalue weighted by Crippen LogP contribution is -2.33. The van der Waals surface area contributed by atoms with Crippen LogP contribution in [0.25, 0.3) is 0 Å². The average molecular weight is 254 g/mol. The van der Waals surface area contributed by atoms with E-state index in [-0.39, 0.29) is 0 Å². The number of amides is 1. The summed E-state index contributed by atoms with van der Waals surface area (Å²) in [5, 5.41) is 10.0. The van der Waals surface area contributed by atoms with Crippen LogP contribution in [0.15, 0.2) is 6.20 Å². The minimum absolute atomic E-state index is 0.301. The molecule has 0 radical (unpaired) electrons. The summed E-state index contributed by atoms with van der Waals surface area (Å²) < 4.78 is 6.64. The lowest BCUT2D eigenvalue weighted by Gasteiger charge is -2.19. The van der Waals surface area contributed by atoms with Crippen LogP contribution in [0.2, 0.25) is 0 Å². The first-order valence-corrected chi connectivity index (χ1v) is 5.73. The molecule has 0 atom stereocenters. The smallest absolute Gasteiger partial charge is 0.407 e. The van der Waals surface area contributed by atoms with E-state index in [2.05, 4.69) is 15.6 Å². The molecule has 1 aromatic rings. The van der Waals surface area contributed by atoms with E-state index in [0.717, 1.165) is 0 Å². The number of hydrogen-bond acceptors (Lipinski definition) is 5. The van der Waals surface area contributed by atoms with Crippen LogP contribution in [0.5, 0.6) is 0 Å². The van der Waals surface area contributed by atoms with Crippen molar-refractivity contribution in [2.75, 3.05) is 6.54 Å². The highest BCUT2D eigenvalue weighted by Crippen LogP contribution is 2.06. The largest absolute Gasteiger partial charge is 0.444 e. The van der Waals surface area contributed by atoms with Crippen molar-refractivity contribution in [3.63, 3.8) is 0 Å². The molecule has 0 unspecified atom stereocenters. The molecule has 0 aliphatic carbocycles. The molecule has 1 rings (SSSR count). The van der Waals surface area contributed by atoms with Gasteiger partial charge in [0.15, 0.2) is 6.29 Å². The quantitative estimate of drug-likeness (QED) is 0.626. The Kier molecular flexibility index (Phi) is 4.82. The van der Waals surface area contributed by atoms with Gasteiger partial charge in [-0.05, 0) is 27.2 Å². The number of aldehydes is 1. The Hall–Kier alpha value is -1.92. The normalized spacial score (nSPS) is 11.1. The van der Waals surface area contributed by atoms with Crippen LogP contribution in [0.4, 0.5) is 4.79 Å². The summed E-state index contributed by atoms with van der Waals surface area (Å²) in [6.07, 6.45) is 2.44. The van der Waals surface area contributed by atoms with Crippen LogP contribution < -0.4 is 5.32 Å². The van der Waals surface area contributed by atoms with Crippen molar-refractivity contribution in [1.82, 2.24) is 20.3 Å². The maximum Gasteiger partial charge on any atom is 0.407 e. The van der Waals surface area contributed by atoms with E-state index in [9.17, 15) is 9.59 Å². The lowest BCUT2D eigenvalue weighted by molar-refractivity contribution is 0.0526. The van der Waals surface area contributed by atoms with Gasteiger partial charge in [0.2, 0.25) is 0 Å². The summed E-state index contributed by atoms with van der Waals surface area (Å²) in [6.45, 7) is 6.48. The molecule has 0 fully saturated rings. The third kappa shape index (κ3) is 5.42. The molecule has 0 spiro atoms. The molecule has 1 amide bonds. The second-order valence-electron chi connectivity index (χ2n) is 4.81. The van der Waals surface area contributed by atoms with Crippen LogP contribution in [0.1, 0.15) is 37.7 Å². The number of nitrogens with one attached hydrogen (secondary N) is 1. The van der Waals surface area contributed by atoms with E-state index in [1.807, 2.05) is 20.8 Å². The monoisotopic (exact) mass is 254 g/mol.